The maximum absolute atomic E-state index is 8.98. The van der Waals surface area contributed by atoms with Gasteiger partial charge in [-0.15, -0.1) is 0 Å². The molecule has 0 radical (unpaired) electrons. The van der Waals surface area contributed by atoms with Gasteiger partial charge in [0.15, 0.2) is 0 Å². The zero-order chi connectivity index (χ0) is 10.9. The van der Waals surface area contributed by atoms with E-state index in [-0.39, 0.29) is 5.75 Å². The van der Waals surface area contributed by atoms with Gasteiger partial charge in [0.25, 0.3) is 0 Å². The van der Waals surface area contributed by atoms with Crippen molar-refractivity contribution in [3.8, 4) is 5.75 Å². The number of aromatic nitrogens is 1. The van der Waals surface area contributed by atoms with Crippen LogP contribution in [0.4, 0.5) is 0 Å². The van der Waals surface area contributed by atoms with Gasteiger partial charge in [0, 0.05) is 13.2 Å². The topological polar surface area (TPSA) is 25.2 Å². The van der Waals surface area contributed by atoms with E-state index in [0.29, 0.717) is 4.64 Å². The summed E-state index contributed by atoms with van der Waals surface area (Å²) < 4.78 is 2.16. The monoisotopic (exact) mass is 201 g/mol. The Labute approximate surface area is 85.9 Å². The lowest BCUT2D eigenvalue weighted by molar-refractivity contribution is 0.466. The van der Waals surface area contributed by atoms with Crippen LogP contribution >= 0.6 is 12.2 Å². The maximum atomic E-state index is 8.98. The number of nitrogens with zero attached hydrogens (tertiary/aromatic N) is 1. The Morgan fingerprint density at radius 2 is 1.69 bits per heavy atom. The minimum atomic E-state index is 0.162. The van der Waals surface area contributed by atoms with Gasteiger partial charge >= 0.3 is 0 Å². The highest BCUT2D eigenvalue weighted by molar-refractivity contribution is 7.71. The van der Waals surface area contributed by atoms with Gasteiger partial charge in [0.2, 0.25) is 0 Å². The molecule has 0 aromatic carbocycles. The molecule has 0 atom stereocenters. The van der Waals surface area contributed by atoms with Gasteiger partial charge in [-0.25, -0.2) is 0 Å². The molecule has 1 aromatic rings. The van der Waals surface area contributed by atoms with E-state index in [4.69, 9.17) is 17.3 Å². The van der Waals surface area contributed by atoms with Gasteiger partial charge < -0.3 is 9.67 Å². The van der Waals surface area contributed by atoms with E-state index in [9.17, 15) is 0 Å². The van der Waals surface area contributed by atoms with Crippen LogP contribution in [0.15, 0.2) is 18.3 Å². The Bertz CT molecular complexity index is 245. The number of hydrogen-bond donors (Lipinski definition) is 1. The van der Waals surface area contributed by atoms with Crippen molar-refractivity contribution in [2.75, 3.05) is 0 Å². The standard InChI is InChI=1S/C6H7NOS.2C2H6/c1-7-4-2-3-5(8)6(7)9;2*1-2/h2-4,8H,1H3;2*1-2H3. The molecule has 1 aromatic heterocycles. The first-order chi connectivity index (χ1) is 6.22. The molecule has 0 aliphatic rings. The number of aromatic hydroxyl groups is 1. The van der Waals surface area contributed by atoms with E-state index in [1.807, 2.05) is 27.7 Å². The molecule has 13 heavy (non-hydrogen) atoms. The summed E-state index contributed by atoms with van der Waals surface area (Å²) in [6.07, 6.45) is 1.79. The molecule has 0 spiro atoms. The summed E-state index contributed by atoms with van der Waals surface area (Å²) in [4.78, 5) is 0. The number of hydrogen-bond acceptors (Lipinski definition) is 2. The van der Waals surface area contributed by atoms with Crippen LogP contribution in [-0.2, 0) is 7.05 Å². The van der Waals surface area contributed by atoms with E-state index < -0.39 is 0 Å². The zero-order valence-electron chi connectivity index (χ0n) is 9.03. The summed E-state index contributed by atoms with van der Waals surface area (Å²) >= 11 is 4.81. The minimum absolute atomic E-state index is 0.162. The Kier molecular flexibility index (Phi) is 10.5. The number of rotatable bonds is 0. The third kappa shape index (κ3) is 5.42. The van der Waals surface area contributed by atoms with Crippen LogP contribution in [0, 0.1) is 4.64 Å². The van der Waals surface area contributed by atoms with Crippen LogP contribution in [0.5, 0.6) is 5.75 Å². The fourth-order valence-corrected chi connectivity index (χ4v) is 0.712. The van der Waals surface area contributed by atoms with E-state index >= 15 is 0 Å². The Morgan fingerprint density at radius 1 is 1.23 bits per heavy atom. The number of pyridine rings is 1. The normalized spacial score (nSPS) is 7.46. The van der Waals surface area contributed by atoms with E-state index in [0.717, 1.165) is 0 Å². The highest BCUT2D eigenvalue weighted by atomic mass is 32.1. The second-order valence-corrected chi connectivity index (χ2v) is 2.20. The van der Waals surface area contributed by atoms with Gasteiger partial charge in [-0.1, -0.05) is 39.9 Å². The second kappa shape index (κ2) is 9.26. The third-order valence-corrected chi connectivity index (χ3v) is 1.60. The van der Waals surface area contributed by atoms with Crippen molar-refractivity contribution in [1.82, 2.24) is 4.57 Å². The lowest BCUT2D eigenvalue weighted by Gasteiger charge is -1.96. The van der Waals surface area contributed by atoms with E-state index in [1.54, 1.807) is 29.9 Å². The predicted molar refractivity (Wildman–Crippen MR) is 60.6 cm³/mol. The molecule has 0 amide bonds. The van der Waals surface area contributed by atoms with Crippen molar-refractivity contribution >= 4 is 12.2 Å². The summed E-state index contributed by atoms with van der Waals surface area (Å²) in [5.74, 6) is 0.162. The fraction of sp³-hybridized carbons (Fsp3) is 0.500. The Hall–Kier alpha value is -0.830. The average molecular weight is 201 g/mol. The molecule has 0 aliphatic carbocycles. The summed E-state index contributed by atoms with van der Waals surface area (Å²) in [6, 6.07) is 3.31. The van der Waals surface area contributed by atoms with Gasteiger partial charge in [-0.05, 0) is 12.1 Å². The molecule has 1 N–H and O–H groups in total. The van der Waals surface area contributed by atoms with Crippen molar-refractivity contribution in [3.63, 3.8) is 0 Å². The summed E-state index contributed by atoms with van der Waals surface area (Å²) in [6.45, 7) is 8.00. The molecule has 0 unspecified atom stereocenters. The molecule has 1 heterocycles. The van der Waals surface area contributed by atoms with Crippen LogP contribution in [0.25, 0.3) is 0 Å². The van der Waals surface area contributed by atoms with E-state index in [1.165, 1.54) is 0 Å². The molecule has 2 nitrogen and oxygen atoms in total. The Morgan fingerprint density at radius 3 is 2.00 bits per heavy atom. The molecule has 0 bridgehead atoms. The van der Waals surface area contributed by atoms with E-state index in [2.05, 4.69) is 0 Å². The van der Waals surface area contributed by atoms with Gasteiger partial charge in [0.1, 0.15) is 10.4 Å². The quantitative estimate of drug-likeness (QED) is 0.650. The molecule has 76 valence electrons. The number of aryl methyl sites for hydroxylation is 1. The molecular formula is C10H19NOS. The van der Waals surface area contributed by atoms with Crippen LogP contribution in [-0.4, -0.2) is 9.67 Å². The highest BCUT2D eigenvalue weighted by Gasteiger charge is 1.88. The largest absolute Gasteiger partial charge is 0.505 e. The molecule has 3 heteroatoms. The van der Waals surface area contributed by atoms with Gasteiger partial charge in [0.05, 0.1) is 0 Å². The Balaban J connectivity index is 0. The predicted octanol–water partition coefficient (Wildman–Crippen LogP) is 3.51. The van der Waals surface area contributed by atoms with Gasteiger partial charge in [-0.3, -0.25) is 0 Å². The first-order valence-electron chi connectivity index (χ1n) is 4.56. The van der Waals surface area contributed by atoms with Crippen molar-refractivity contribution in [2.24, 2.45) is 7.05 Å². The average Bonchev–Trinajstić information content (AvgIpc) is 2.20. The summed E-state index contributed by atoms with van der Waals surface area (Å²) in [5.41, 5.74) is 0. The molecule has 0 saturated carbocycles. The second-order valence-electron chi connectivity index (χ2n) is 1.81. The van der Waals surface area contributed by atoms with Crippen LogP contribution < -0.4 is 0 Å². The fourth-order valence-electron chi connectivity index (χ4n) is 0.583. The van der Waals surface area contributed by atoms with Gasteiger partial charge in [-0.2, -0.15) is 0 Å². The summed E-state index contributed by atoms with van der Waals surface area (Å²) in [5, 5.41) is 8.98. The van der Waals surface area contributed by atoms with Crippen LogP contribution in [0.3, 0.4) is 0 Å². The molecule has 0 saturated heterocycles. The first-order valence-corrected chi connectivity index (χ1v) is 4.97. The highest BCUT2D eigenvalue weighted by Crippen LogP contribution is 2.07. The van der Waals surface area contributed by atoms with Crippen molar-refractivity contribution < 1.29 is 5.11 Å². The maximum Gasteiger partial charge on any atom is 0.150 e. The molecule has 1 rings (SSSR count). The SMILES string of the molecule is CC.CC.Cn1cccc(O)c1=S. The lowest BCUT2D eigenvalue weighted by atomic mass is 10.5. The van der Waals surface area contributed by atoms with Crippen molar-refractivity contribution in [1.29, 1.82) is 0 Å². The lowest BCUT2D eigenvalue weighted by Crippen LogP contribution is -1.88. The summed E-state index contributed by atoms with van der Waals surface area (Å²) in [7, 11) is 1.79. The van der Waals surface area contributed by atoms with Crippen LogP contribution in [0.2, 0.25) is 0 Å². The molecule has 0 aliphatic heterocycles. The van der Waals surface area contributed by atoms with Crippen molar-refractivity contribution in [3.05, 3.63) is 23.0 Å². The van der Waals surface area contributed by atoms with Crippen LogP contribution in [0.1, 0.15) is 27.7 Å². The smallest absolute Gasteiger partial charge is 0.150 e. The minimum Gasteiger partial charge on any atom is -0.505 e. The van der Waals surface area contributed by atoms with Crippen molar-refractivity contribution in [2.45, 2.75) is 27.7 Å². The molecule has 0 fully saturated rings. The zero-order valence-corrected chi connectivity index (χ0v) is 9.85. The first kappa shape index (κ1) is 14.7. The third-order valence-electron chi connectivity index (χ3n) is 1.10. The molecular weight excluding hydrogens is 182 g/mol.